The van der Waals surface area contributed by atoms with E-state index in [-0.39, 0.29) is 23.9 Å². The molecule has 0 saturated carbocycles. The van der Waals surface area contributed by atoms with Gasteiger partial charge >= 0.3 is 6.18 Å². The first kappa shape index (κ1) is 27.8. The van der Waals surface area contributed by atoms with Crippen LogP contribution < -0.4 is 21.1 Å². The first-order valence-electron chi connectivity index (χ1n) is 12.0. The molecule has 39 heavy (non-hydrogen) atoms. The number of hydrogen-bond donors (Lipinski definition) is 3. The molecule has 9 nitrogen and oxygen atoms in total. The molecule has 0 radical (unpaired) electrons. The number of amides is 1. The number of ether oxygens (including phenoxy) is 1. The van der Waals surface area contributed by atoms with E-state index in [1.54, 1.807) is 6.07 Å². The molecule has 2 aromatic carbocycles. The van der Waals surface area contributed by atoms with Gasteiger partial charge in [0.25, 0.3) is 11.7 Å². The van der Waals surface area contributed by atoms with Gasteiger partial charge < -0.3 is 26.0 Å². The van der Waals surface area contributed by atoms with Crippen molar-refractivity contribution in [3.8, 4) is 5.75 Å². The maximum Gasteiger partial charge on any atom is 0.421 e. The number of primary amides is 1. The molecule has 1 aliphatic heterocycles. The molecule has 1 aromatic heterocycles. The van der Waals surface area contributed by atoms with Crippen molar-refractivity contribution in [2.75, 3.05) is 44.1 Å². The van der Waals surface area contributed by atoms with Crippen LogP contribution >= 0.6 is 0 Å². The monoisotopic (exact) mass is 546 g/mol. The van der Waals surface area contributed by atoms with E-state index in [1.165, 1.54) is 31.4 Å². The lowest BCUT2D eigenvalue weighted by atomic mass is 9.92. The normalized spacial score (nSPS) is 14.0. The fourth-order valence-corrected chi connectivity index (χ4v) is 4.32. The standard InChI is InChI=1S/C26H26F4N6O3/c1-39-21-11-15(10-16-13-36(14-16)9-8-27)6-7-20(21)34-25-32-12-18(26(28,29)30)24(35-25)33-19-5-3-2-4-17(19)22(37)23(31)38/h2-7,11-12,16H,8-10,13-14H2,1H3,(H2,31,38)(H2,32,33,34,35). The molecular weight excluding hydrogens is 520 g/mol. The average molecular weight is 547 g/mol. The summed E-state index contributed by atoms with van der Waals surface area (Å²) in [5.74, 6) is -2.30. The van der Waals surface area contributed by atoms with E-state index in [2.05, 4.69) is 20.6 Å². The molecule has 0 atom stereocenters. The summed E-state index contributed by atoms with van der Waals surface area (Å²) in [6, 6.07) is 10.9. The molecule has 1 aliphatic rings. The molecule has 0 aliphatic carbocycles. The molecule has 4 rings (SSSR count). The summed E-state index contributed by atoms with van der Waals surface area (Å²) in [7, 11) is 1.46. The van der Waals surface area contributed by atoms with Gasteiger partial charge in [-0.1, -0.05) is 18.2 Å². The van der Waals surface area contributed by atoms with Crippen LogP contribution in [-0.4, -0.2) is 60.0 Å². The van der Waals surface area contributed by atoms with Crippen molar-refractivity contribution in [1.29, 1.82) is 0 Å². The summed E-state index contributed by atoms with van der Waals surface area (Å²) in [4.78, 5) is 33.4. The van der Waals surface area contributed by atoms with Crippen molar-refractivity contribution in [3.05, 3.63) is 65.4 Å². The Morgan fingerprint density at radius 1 is 1.13 bits per heavy atom. The van der Waals surface area contributed by atoms with Crippen LogP contribution in [0.15, 0.2) is 48.7 Å². The van der Waals surface area contributed by atoms with Crippen molar-refractivity contribution in [1.82, 2.24) is 14.9 Å². The number of benzene rings is 2. The number of ketones is 1. The van der Waals surface area contributed by atoms with Gasteiger partial charge in [-0.15, -0.1) is 0 Å². The van der Waals surface area contributed by atoms with Crippen LogP contribution in [0.5, 0.6) is 5.75 Å². The van der Waals surface area contributed by atoms with Crippen molar-refractivity contribution >= 4 is 34.8 Å². The van der Waals surface area contributed by atoms with Gasteiger partial charge in [-0.05, 0) is 42.2 Å². The molecule has 0 spiro atoms. The number of para-hydroxylation sites is 1. The smallest absolute Gasteiger partial charge is 0.421 e. The number of carbonyl (C=O) groups is 2. The third kappa shape index (κ3) is 6.60. The number of carbonyl (C=O) groups excluding carboxylic acids is 2. The minimum Gasteiger partial charge on any atom is -0.495 e. The number of alkyl halides is 4. The Labute approximate surface area is 221 Å². The van der Waals surface area contributed by atoms with Crippen molar-refractivity contribution < 1.29 is 31.9 Å². The predicted octanol–water partition coefficient (Wildman–Crippen LogP) is 4.10. The van der Waals surface area contributed by atoms with Gasteiger partial charge in [0, 0.05) is 25.8 Å². The molecule has 206 valence electrons. The van der Waals surface area contributed by atoms with Gasteiger partial charge in [-0.2, -0.15) is 18.2 Å². The number of halogens is 4. The van der Waals surface area contributed by atoms with E-state index in [4.69, 9.17) is 10.5 Å². The topological polar surface area (TPSA) is 122 Å². The molecule has 0 unspecified atom stereocenters. The maximum absolute atomic E-state index is 13.7. The van der Waals surface area contributed by atoms with E-state index in [0.29, 0.717) is 30.1 Å². The Morgan fingerprint density at radius 3 is 2.54 bits per heavy atom. The zero-order chi connectivity index (χ0) is 28.2. The highest BCUT2D eigenvalue weighted by atomic mass is 19.4. The number of hydrogen-bond acceptors (Lipinski definition) is 8. The zero-order valence-corrected chi connectivity index (χ0v) is 20.9. The highest BCUT2D eigenvalue weighted by Gasteiger charge is 2.36. The third-order valence-electron chi connectivity index (χ3n) is 6.21. The van der Waals surface area contributed by atoms with Crippen molar-refractivity contribution in [3.63, 3.8) is 0 Å². The number of methoxy groups -OCH3 is 1. The SMILES string of the molecule is COc1cc(CC2CN(CCF)C2)ccc1Nc1ncc(C(F)(F)F)c(Nc2ccccc2C(=O)C(N)=O)n1. The highest BCUT2D eigenvalue weighted by molar-refractivity contribution is 6.43. The molecule has 1 saturated heterocycles. The van der Waals surface area contributed by atoms with Crippen LogP contribution in [0.4, 0.5) is 40.7 Å². The Balaban J connectivity index is 1.58. The largest absolute Gasteiger partial charge is 0.495 e. The third-order valence-corrected chi connectivity index (χ3v) is 6.21. The first-order chi connectivity index (χ1) is 18.6. The molecule has 13 heteroatoms. The van der Waals surface area contributed by atoms with Gasteiger partial charge in [0.2, 0.25) is 5.95 Å². The molecule has 1 fully saturated rings. The number of rotatable bonds is 11. The number of nitrogens with one attached hydrogen (secondary N) is 2. The van der Waals surface area contributed by atoms with Crippen LogP contribution in [0.25, 0.3) is 0 Å². The second kappa shape index (κ2) is 11.6. The molecule has 4 N–H and O–H groups in total. The van der Waals surface area contributed by atoms with Crippen LogP contribution in [0.3, 0.4) is 0 Å². The fourth-order valence-electron chi connectivity index (χ4n) is 4.32. The maximum atomic E-state index is 13.7. The number of likely N-dealkylation sites (tertiary alicyclic amines) is 1. The predicted molar refractivity (Wildman–Crippen MR) is 136 cm³/mol. The van der Waals surface area contributed by atoms with Gasteiger partial charge in [0.1, 0.15) is 23.8 Å². The van der Waals surface area contributed by atoms with E-state index in [9.17, 15) is 27.2 Å². The second-order valence-electron chi connectivity index (χ2n) is 9.00. The average Bonchev–Trinajstić information content (AvgIpc) is 2.87. The molecule has 3 aromatic rings. The van der Waals surface area contributed by atoms with Crippen LogP contribution in [0, 0.1) is 5.92 Å². The lowest BCUT2D eigenvalue weighted by Crippen LogP contribution is -2.48. The molecule has 1 amide bonds. The Bertz CT molecular complexity index is 1360. The van der Waals surface area contributed by atoms with Crippen molar-refractivity contribution in [2.45, 2.75) is 12.6 Å². The van der Waals surface area contributed by atoms with E-state index >= 15 is 0 Å². The Hall–Kier alpha value is -4.26. The summed E-state index contributed by atoms with van der Waals surface area (Å²) >= 11 is 0. The van der Waals surface area contributed by atoms with Crippen LogP contribution in [0.2, 0.25) is 0 Å². The highest BCUT2D eigenvalue weighted by Crippen LogP contribution is 2.37. The quantitative estimate of drug-likeness (QED) is 0.187. The van der Waals surface area contributed by atoms with Crippen LogP contribution in [0.1, 0.15) is 21.5 Å². The Morgan fingerprint density at radius 2 is 1.87 bits per heavy atom. The number of Topliss-reactive ketones (excluding diaryl/α,β-unsaturated/α-hetero) is 1. The summed E-state index contributed by atoms with van der Waals surface area (Å²) in [5.41, 5.74) is 5.02. The van der Waals surface area contributed by atoms with Gasteiger partial charge in [-0.25, -0.2) is 9.37 Å². The minimum atomic E-state index is -4.82. The van der Waals surface area contributed by atoms with E-state index in [1.807, 2.05) is 17.0 Å². The van der Waals surface area contributed by atoms with E-state index in [0.717, 1.165) is 25.1 Å². The summed E-state index contributed by atoms with van der Waals surface area (Å²) < 4.78 is 59.2. The number of nitrogens with two attached hydrogens (primary N) is 1. The van der Waals surface area contributed by atoms with Gasteiger partial charge in [0.05, 0.1) is 24.0 Å². The first-order valence-corrected chi connectivity index (χ1v) is 12.0. The van der Waals surface area contributed by atoms with Gasteiger partial charge in [-0.3, -0.25) is 9.59 Å². The summed E-state index contributed by atoms with van der Waals surface area (Å²) in [5, 5.41) is 5.37. The lowest BCUT2D eigenvalue weighted by Gasteiger charge is -2.38. The molecule has 2 heterocycles. The number of anilines is 4. The fraction of sp³-hybridized carbons (Fsp3) is 0.308. The van der Waals surface area contributed by atoms with Crippen molar-refractivity contribution in [2.24, 2.45) is 11.7 Å². The summed E-state index contributed by atoms with van der Waals surface area (Å²) in [6.45, 7) is 1.69. The Kier molecular flexibility index (Phi) is 8.29. The second-order valence-corrected chi connectivity index (χ2v) is 9.00. The van der Waals surface area contributed by atoms with Gasteiger partial charge in [0.15, 0.2) is 0 Å². The van der Waals surface area contributed by atoms with Crippen LogP contribution in [-0.2, 0) is 17.4 Å². The number of nitrogens with zero attached hydrogens (tertiary/aromatic N) is 3. The lowest BCUT2D eigenvalue weighted by molar-refractivity contribution is -0.137. The molecule has 0 bridgehead atoms. The minimum absolute atomic E-state index is 0.0838. The summed E-state index contributed by atoms with van der Waals surface area (Å²) in [6.07, 6.45) is -3.44. The number of aromatic nitrogens is 2. The van der Waals surface area contributed by atoms with E-state index < -0.39 is 29.2 Å². The zero-order valence-electron chi connectivity index (χ0n) is 20.9. The molecular formula is C26H26F4N6O3.